The summed E-state index contributed by atoms with van der Waals surface area (Å²) in [7, 11) is 0. The van der Waals surface area contributed by atoms with Crippen molar-refractivity contribution in [1.29, 1.82) is 0 Å². The molecule has 0 aliphatic rings. The van der Waals surface area contributed by atoms with Crippen molar-refractivity contribution >= 4 is 29.0 Å². The molecule has 0 saturated heterocycles. The zero-order chi connectivity index (χ0) is 18.6. The maximum Gasteiger partial charge on any atom is 0.357 e. The molecule has 0 radical (unpaired) electrons. The molecule has 1 heterocycles. The smallest absolute Gasteiger partial charge is 0.312 e. The minimum Gasteiger partial charge on any atom is -0.312 e. The normalized spacial score (nSPS) is 10.2. The molecular weight excluding hydrogens is 348 g/mol. The Hall–Kier alpha value is -3.13. The van der Waals surface area contributed by atoms with Gasteiger partial charge in [-0.2, -0.15) is 0 Å². The highest BCUT2D eigenvalue weighted by molar-refractivity contribution is 6.31. The van der Waals surface area contributed by atoms with Crippen LogP contribution in [0.2, 0.25) is 5.02 Å². The maximum atomic E-state index is 12.4. The highest BCUT2D eigenvalue weighted by Gasteiger charge is 2.23. The quantitative estimate of drug-likeness (QED) is 0.629. The van der Waals surface area contributed by atoms with Crippen molar-refractivity contribution in [3.8, 4) is 0 Å². The van der Waals surface area contributed by atoms with E-state index >= 15 is 0 Å². The number of rotatable bonds is 5. The van der Waals surface area contributed by atoms with E-state index in [9.17, 15) is 19.7 Å². The number of nitrogens with zero attached hydrogens (tertiary/aromatic N) is 2. The molecule has 1 aromatic heterocycles. The molecule has 2 amide bonds. The number of halogens is 1. The van der Waals surface area contributed by atoms with Gasteiger partial charge < -0.3 is 15.2 Å². The van der Waals surface area contributed by atoms with Gasteiger partial charge in [0.15, 0.2) is 0 Å². The highest BCUT2D eigenvalue weighted by atomic mass is 35.5. The lowest BCUT2D eigenvalue weighted by Crippen LogP contribution is -2.29. The standard InChI is InChI=1S/C16H15ClN4O4/c1-10(2)18-16(23)19-13-7-8-20(15(22)14(13)21(24)25)9-11-5-3-4-6-12(11)17/h3-8H,1,9H2,2H3,(H2,18,19,23). The molecule has 0 atom stereocenters. The van der Waals surface area contributed by atoms with E-state index in [2.05, 4.69) is 17.2 Å². The fourth-order valence-corrected chi connectivity index (χ4v) is 2.32. The van der Waals surface area contributed by atoms with Crippen molar-refractivity contribution in [2.75, 3.05) is 5.32 Å². The van der Waals surface area contributed by atoms with E-state index in [1.54, 1.807) is 31.2 Å². The minimum atomic E-state index is -0.849. The minimum absolute atomic E-state index is 0.0671. The van der Waals surface area contributed by atoms with E-state index in [4.69, 9.17) is 11.6 Å². The van der Waals surface area contributed by atoms with Gasteiger partial charge in [0.05, 0.1) is 11.5 Å². The molecule has 0 unspecified atom stereocenters. The number of benzene rings is 1. The third-order valence-corrected chi connectivity index (χ3v) is 3.56. The Bertz CT molecular complexity index is 907. The van der Waals surface area contributed by atoms with Crippen LogP contribution in [0, 0.1) is 10.1 Å². The van der Waals surface area contributed by atoms with Crippen LogP contribution in [0.15, 0.2) is 53.6 Å². The van der Waals surface area contributed by atoms with Crippen molar-refractivity contribution in [2.45, 2.75) is 13.5 Å². The van der Waals surface area contributed by atoms with Crippen molar-refractivity contribution < 1.29 is 9.72 Å². The molecule has 2 rings (SSSR count). The number of carbonyl (C=O) groups is 1. The molecule has 0 saturated carbocycles. The van der Waals surface area contributed by atoms with Gasteiger partial charge in [0.25, 0.3) is 0 Å². The molecule has 9 heteroatoms. The SMILES string of the molecule is C=C(C)NC(=O)Nc1ccn(Cc2ccccc2Cl)c(=O)c1[N+](=O)[O-]. The topological polar surface area (TPSA) is 106 Å². The number of urea groups is 1. The Kier molecular flexibility index (Phi) is 5.56. The van der Waals surface area contributed by atoms with Crippen LogP contribution in [0.25, 0.3) is 0 Å². The van der Waals surface area contributed by atoms with Crippen LogP contribution in [-0.2, 0) is 6.54 Å². The van der Waals surface area contributed by atoms with Crippen LogP contribution in [-0.4, -0.2) is 15.5 Å². The summed E-state index contributed by atoms with van der Waals surface area (Å²) in [6, 6.07) is 7.43. The lowest BCUT2D eigenvalue weighted by molar-refractivity contribution is -0.385. The molecule has 0 bridgehead atoms. The molecule has 25 heavy (non-hydrogen) atoms. The summed E-state index contributed by atoms with van der Waals surface area (Å²) in [4.78, 5) is 34.6. The highest BCUT2D eigenvalue weighted by Crippen LogP contribution is 2.21. The number of allylic oxidation sites excluding steroid dienone is 1. The molecule has 0 spiro atoms. The predicted molar refractivity (Wildman–Crippen MR) is 94.9 cm³/mol. The average molecular weight is 363 g/mol. The largest absolute Gasteiger partial charge is 0.357 e. The molecule has 0 aliphatic heterocycles. The summed E-state index contributed by atoms with van der Waals surface area (Å²) in [5.41, 5.74) is -0.790. The molecule has 2 N–H and O–H groups in total. The Labute approximate surface area is 147 Å². The first-order chi connectivity index (χ1) is 11.8. The van der Waals surface area contributed by atoms with Crippen molar-refractivity contribution in [2.24, 2.45) is 0 Å². The number of nitrogens with one attached hydrogen (secondary N) is 2. The summed E-state index contributed by atoms with van der Waals surface area (Å²) >= 11 is 6.05. The Morgan fingerprint density at radius 1 is 1.36 bits per heavy atom. The zero-order valence-corrected chi connectivity index (χ0v) is 14.0. The van der Waals surface area contributed by atoms with Crippen molar-refractivity contribution in [3.05, 3.63) is 79.9 Å². The lowest BCUT2D eigenvalue weighted by Gasteiger charge is -2.11. The predicted octanol–water partition coefficient (Wildman–Crippen LogP) is 3.11. The summed E-state index contributed by atoms with van der Waals surface area (Å²) in [6.07, 6.45) is 1.36. The first-order valence-electron chi connectivity index (χ1n) is 7.14. The van der Waals surface area contributed by atoms with Crippen LogP contribution in [0.1, 0.15) is 12.5 Å². The van der Waals surface area contributed by atoms with Gasteiger partial charge in [-0.15, -0.1) is 0 Å². The summed E-state index contributed by atoms with van der Waals surface area (Å²) in [5.74, 6) is 0. The monoisotopic (exact) mass is 362 g/mol. The fraction of sp³-hybridized carbons (Fsp3) is 0.125. The number of carbonyl (C=O) groups excluding carboxylic acids is 1. The Balaban J connectivity index is 2.40. The zero-order valence-electron chi connectivity index (χ0n) is 13.3. The van der Waals surface area contributed by atoms with E-state index in [1.165, 1.54) is 12.3 Å². The third kappa shape index (κ3) is 4.45. The fourth-order valence-electron chi connectivity index (χ4n) is 2.12. The lowest BCUT2D eigenvalue weighted by atomic mass is 10.2. The molecule has 1 aromatic carbocycles. The van der Waals surface area contributed by atoms with E-state index in [0.29, 0.717) is 16.3 Å². The number of hydrogen-bond donors (Lipinski definition) is 2. The number of aromatic nitrogens is 1. The number of anilines is 1. The first-order valence-corrected chi connectivity index (χ1v) is 7.52. The summed E-state index contributed by atoms with van der Waals surface area (Å²) in [6.45, 7) is 5.12. The summed E-state index contributed by atoms with van der Waals surface area (Å²) < 4.78 is 1.15. The molecule has 130 valence electrons. The van der Waals surface area contributed by atoms with E-state index in [1.807, 2.05) is 0 Å². The van der Waals surface area contributed by atoms with E-state index in [0.717, 1.165) is 4.57 Å². The van der Waals surface area contributed by atoms with Crippen LogP contribution in [0.5, 0.6) is 0 Å². The third-order valence-electron chi connectivity index (χ3n) is 3.20. The second-order valence-corrected chi connectivity index (χ2v) is 5.63. The van der Waals surface area contributed by atoms with Gasteiger partial charge >= 0.3 is 17.3 Å². The first kappa shape index (κ1) is 18.2. The van der Waals surface area contributed by atoms with Crippen LogP contribution in [0.3, 0.4) is 0 Å². The van der Waals surface area contributed by atoms with E-state index < -0.39 is 22.2 Å². The van der Waals surface area contributed by atoms with Gasteiger partial charge in [-0.05, 0) is 24.6 Å². The maximum absolute atomic E-state index is 12.4. The van der Waals surface area contributed by atoms with Gasteiger partial charge in [0.2, 0.25) is 0 Å². The molecule has 0 aliphatic carbocycles. The van der Waals surface area contributed by atoms with Gasteiger partial charge in [-0.25, -0.2) is 4.79 Å². The Morgan fingerprint density at radius 3 is 2.64 bits per heavy atom. The van der Waals surface area contributed by atoms with Gasteiger partial charge in [-0.3, -0.25) is 14.9 Å². The molecular formula is C16H15ClN4O4. The number of nitro groups is 1. The average Bonchev–Trinajstić information content (AvgIpc) is 2.50. The van der Waals surface area contributed by atoms with Gasteiger partial charge in [0, 0.05) is 16.9 Å². The number of pyridine rings is 1. The van der Waals surface area contributed by atoms with Crippen molar-refractivity contribution in [1.82, 2.24) is 9.88 Å². The van der Waals surface area contributed by atoms with Gasteiger partial charge in [-0.1, -0.05) is 36.4 Å². The van der Waals surface area contributed by atoms with Crippen molar-refractivity contribution in [3.63, 3.8) is 0 Å². The molecule has 8 nitrogen and oxygen atoms in total. The molecule has 0 fully saturated rings. The van der Waals surface area contributed by atoms with Crippen LogP contribution < -0.4 is 16.2 Å². The number of hydrogen-bond acceptors (Lipinski definition) is 4. The summed E-state index contributed by atoms with van der Waals surface area (Å²) in [5, 5.41) is 16.4. The Morgan fingerprint density at radius 2 is 2.04 bits per heavy atom. The second kappa shape index (κ2) is 7.63. The number of amides is 2. The second-order valence-electron chi connectivity index (χ2n) is 5.22. The van der Waals surface area contributed by atoms with Crippen LogP contribution in [0.4, 0.5) is 16.2 Å². The van der Waals surface area contributed by atoms with Crippen LogP contribution >= 0.6 is 11.6 Å². The van der Waals surface area contributed by atoms with E-state index in [-0.39, 0.29) is 12.2 Å². The molecule has 2 aromatic rings. The van der Waals surface area contributed by atoms with Gasteiger partial charge in [0.1, 0.15) is 5.69 Å².